The number of carbonyl (C=O) groups excluding carboxylic acids is 2. The molecule has 0 saturated carbocycles. The summed E-state index contributed by atoms with van der Waals surface area (Å²) in [5.74, 6) is -1.14. The maximum atomic E-state index is 12.7. The van der Waals surface area contributed by atoms with Gasteiger partial charge in [-0.2, -0.15) is 0 Å². The first-order valence-corrected chi connectivity index (χ1v) is 10.5. The van der Waals surface area contributed by atoms with E-state index in [0.29, 0.717) is 33.8 Å². The lowest BCUT2D eigenvalue weighted by molar-refractivity contribution is -0.138. The maximum Gasteiger partial charge on any atom is 0.336 e. The minimum atomic E-state index is -1.19. The molecule has 11 heteroatoms. The predicted octanol–water partition coefficient (Wildman–Crippen LogP) is 1.64. The Bertz CT molecular complexity index is 1290. The number of amides is 2. The molecule has 0 aliphatic carbocycles. The van der Waals surface area contributed by atoms with Gasteiger partial charge in [-0.25, -0.2) is 4.79 Å². The topological polar surface area (TPSA) is 153 Å². The fourth-order valence-corrected chi connectivity index (χ4v) is 3.27. The first-order valence-electron chi connectivity index (χ1n) is 10.5. The summed E-state index contributed by atoms with van der Waals surface area (Å²) in [5.41, 5.74) is 0.342. The Balaban J connectivity index is 1.73. The number of carbonyl (C=O) groups is 3. The van der Waals surface area contributed by atoms with Crippen LogP contribution in [0.15, 0.2) is 57.7 Å². The van der Waals surface area contributed by atoms with Crippen LogP contribution in [-0.4, -0.2) is 50.3 Å². The molecule has 1 unspecified atom stereocenters. The maximum absolute atomic E-state index is 12.7. The van der Waals surface area contributed by atoms with Gasteiger partial charge in [-0.1, -0.05) is 6.07 Å². The van der Waals surface area contributed by atoms with Crippen molar-refractivity contribution in [3.05, 3.63) is 64.5 Å². The lowest BCUT2D eigenvalue weighted by atomic mass is 10.0. The molecule has 0 aliphatic rings. The van der Waals surface area contributed by atoms with Crippen molar-refractivity contribution in [2.45, 2.75) is 12.5 Å². The number of aliphatic carboxylic acids is 1. The van der Waals surface area contributed by atoms with Gasteiger partial charge in [-0.15, -0.1) is 0 Å². The van der Waals surface area contributed by atoms with Gasteiger partial charge < -0.3 is 34.4 Å². The molecule has 1 heterocycles. The van der Waals surface area contributed by atoms with Crippen LogP contribution in [0.2, 0.25) is 0 Å². The minimum absolute atomic E-state index is 0.227. The van der Waals surface area contributed by atoms with E-state index in [1.54, 1.807) is 36.4 Å². The van der Waals surface area contributed by atoms with Gasteiger partial charge in [-0.3, -0.25) is 14.4 Å². The van der Waals surface area contributed by atoms with Crippen molar-refractivity contribution in [3.63, 3.8) is 0 Å². The Morgan fingerprint density at radius 3 is 2.43 bits per heavy atom. The van der Waals surface area contributed by atoms with Gasteiger partial charge in [0.25, 0.3) is 5.91 Å². The van der Waals surface area contributed by atoms with Crippen molar-refractivity contribution in [1.82, 2.24) is 10.6 Å². The zero-order valence-corrected chi connectivity index (χ0v) is 19.0. The highest BCUT2D eigenvalue weighted by Gasteiger charge is 2.21. The fourth-order valence-electron chi connectivity index (χ4n) is 3.27. The number of hydrogen-bond donors (Lipinski definition) is 3. The van der Waals surface area contributed by atoms with E-state index in [9.17, 15) is 19.2 Å². The molecule has 184 valence electrons. The normalized spacial score (nSPS) is 11.4. The summed E-state index contributed by atoms with van der Waals surface area (Å²) in [6, 6.07) is 11.8. The largest absolute Gasteiger partial charge is 0.493 e. The monoisotopic (exact) mass is 484 g/mol. The van der Waals surface area contributed by atoms with Crippen LogP contribution in [0.4, 0.5) is 0 Å². The van der Waals surface area contributed by atoms with E-state index in [2.05, 4.69) is 10.6 Å². The Kier molecular flexibility index (Phi) is 8.28. The molecule has 2 amide bonds. The number of benzene rings is 2. The second kappa shape index (κ2) is 11.5. The van der Waals surface area contributed by atoms with Crippen molar-refractivity contribution in [3.8, 4) is 17.2 Å². The summed E-state index contributed by atoms with van der Waals surface area (Å²) in [4.78, 5) is 47.1. The van der Waals surface area contributed by atoms with Crippen molar-refractivity contribution >= 4 is 28.8 Å². The molecule has 0 bridgehead atoms. The predicted molar refractivity (Wildman–Crippen MR) is 124 cm³/mol. The first-order chi connectivity index (χ1) is 16.8. The molecule has 0 fully saturated rings. The van der Waals surface area contributed by atoms with Crippen molar-refractivity contribution < 1.29 is 38.1 Å². The van der Waals surface area contributed by atoms with E-state index in [0.717, 1.165) is 0 Å². The van der Waals surface area contributed by atoms with E-state index in [1.165, 1.54) is 26.4 Å². The molecule has 2 aromatic carbocycles. The average Bonchev–Trinajstić information content (AvgIpc) is 2.85. The van der Waals surface area contributed by atoms with E-state index in [-0.39, 0.29) is 13.0 Å². The summed E-state index contributed by atoms with van der Waals surface area (Å²) in [7, 11) is 2.93. The number of nitrogens with one attached hydrogen (secondary N) is 2. The van der Waals surface area contributed by atoms with Crippen LogP contribution in [-0.2, 0) is 14.4 Å². The molecule has 1 aromatic heterocycles. The zero-order chi connectivity index (χ0) is 25.4. The molecule has 3 aromatic rings. The molecule has 3 rings (SSSR count). The summed E-state index contributed by atoms with van der Waals surface area (Å²) >= 11 is 0. The van der Waals surface area contributed by atoms with Gasteiger partial charge in [0.05, 0.1) is 26.7 Å². The van der Waals surface area contributed by atoms with E-state index in [1.807, 2.05) is 0 Å². The number of methoxy groups -OCH3 is 2. The Labute approximate surface area is 199 Å². The van der Waals surface area contributed by atoms with Gasteiger partial charge in [-0.05, 0) is 35.9 Å². The minimum Gasteiger partial charge on any atom is -0.493 e. The number of ether oxygens (including phenoxy) is 3. The van der Waals surface area contributed by atoms with Crippen molar-refractivity contribution in [2.75, 3.05) is 27.4 Å². The van der Waals surface area contributed by atoms with Crippen LogP contribution in [0, 0.1) is 0 Å². The number of fused-ring (bicyclic) bond motifs is 1. The number of carboxylic acids is 1. The average molecular weight is 484 g/mol. The van der Waals surface area contributed by atoms with Gasteiger partial charge in [0.15, 0.2) is 18.1 Å². The van der Waals surface area contributed by atoms with Crippen molar-refractivity contribution in [2.24, 2.45) is 0 Å². The van der Waals surface area contributed by atoms with Crippen molar-refractivity contribution in [1.29, 1.82) is 0 Å². The van der Waals surface area contributed by atoms with Gasteiger partial charge in [0, 0.05) is 17.5 Å². The second-order valence-electron chi connectivity index (χ2n) is 7.35. The molecule has 35 heavy (non-hydrogen) atoms. The molecular weight excluding hydrogens is 460 g/mol. The van der Waals surface area contributed by atoms with Gasteiger partial charge in [0.1, 0.15) is 17.9 Å². The molecule has 11 nitrogen and oxygen atoms in total. The third-order valence-electron chi connectivity index (χ3n) is 4.94. The zero-order valence-electron chi connectivity index (χ0n) is 19.0. The Morgan fingerprint density at radius 1 is 0.971 bits per heavy atom. The standard InChI is InChI=1S/C24H24N2O9/c1-32-18-7-4-15(9-20(18)33-2)17(11-21(27)25-12-23(29)30)26-22(28)13-34-16-6-3-14-5-8-24(31)35-19(14)10-16/h3-10,17H,11-13H2,1-2H3,(H,25,27)(H,26,28)(H,29,30). The summed E-state index contributed by atoms with van der Waals surface area (Å²) in [5, 5.41) is 14.5. The van der Waals surface area contributed by atoms with E-state index < -0.39 is 36.0 Å². The van der Waals surface area contributed by atoms with Crippen LogP contribution in [0.1, 0.15) is 18.0 Å². The van der Waals surface area contributed by atoms with Crippen LogP contribution in [0.25, 0.3) is 11.0 Å². The SMILES string of the molecule is COc1ccc(C(CC(=O)NCC(=O)O)NC(=O)COc2ccc3ccc(=O)oc3c2)cc1OC. The third-order valence-corrected chi connectivity index (χ3v) is 4.94. The smallest absolute Gasteiger partial charge is 0.336 e. The number of rotatable bonds is 11. The Hall–Kier alpha value is -4.54. The summed E-state index contributed by atoms with van der Waals surface area (Å²) in [6.07, 6.45) is -0.227. The highest BCUT2D eigenvalue weighted by molar-refractivity contribution is 5.83. The Morgan fingerprint density at radius 2 is 1.71 bits per heavy atom. The molecule has 0 aliphatic heterocycles. The quantitative estimate of drug-likeness (QED) is 0.345. The first kappa shape index (κ1) is 25.1. The van der Waals surface area contributed by atoms with Crippen LogP contribution >= 0.6 is 0 Å². The molecule has 0 radical (unpaired) electrons. The highest BCUT2D eigenvalue weighted by Crippen LogP contribution is 2.31. The lowest BCUT2D eigenvalue weighted by Gasteiger charge is -2.20. The van der Waals surface area contributed by atoms with Crippen LogP contribution in [0.5, 0.6) is 17.2 Å². The van der Waals surface area contributed by atoms with Gasteiger partial charge >= 0.3 is 11.6 Å². The van der Waals surface area contributed by atoms with Gasteiger partial charge in [0.2, 0.25) is 5.91 Å². The summed E-state index contributed by atoms with van der Waals surface area (Å²) < 4.78 is 21.1. The molecule has 3 N–H and O–H groups in total. The number of carboxylic acid groups (broad SMARTS) is 1. The lowest BCUT2D eigenvalue weighted by Crippen LogP contribution is -2.37. The van der Waals surface area contributed by atoms with E-state index in [4.69, 9.17) is 23.7 Å². The fraction of sp³-hybridized carbons (Fsp3) is 0.250. The second-order valence-corrected chi connectivity index (χ2v) is 7.35. The summed E-state index contributed by atoms with van der Waals surface area (Å²) in [6.45, 7) is -0.935. The molecular formula is C24H24N2O9. The number of hydrogen-bond acceptors (Lipinski definition) is 8. The molecule has 0 saturated heterocycles. The van der Waals surface area contributed by atoms with Crippen LogP contribution in [0.3, 0.4) is 0 Å². The van der Waals surface area contributed by atoms with Crippen LogP contribution < -0.4 is 30.5 Å². The third kappa shape index (κ3) is 6.97. The van der Waals surface area contributed by atoms with E-state index >= 15 is 0 Å². The molecule has 0 spiro atoms. The highest BCUT2D eigenvalue weighted by atomic mass is 16.5. The molecule has 1 atom stereocenters.